The van der Waals surface area contributed by atoms with Crippen molar-refractivity contribution in [2.75, 3.05) is 13.2 Å². The second kappa shape index (κ2) is 8.41. The molecule has 0 aliphatic carbocycles. The van der Waals surface area contributed by atoms with E-state index in [1.807, 2.05) is 38.1 Å². The van der Waals surface area contributed by atoms with E-state index in [1.165, 1.54) is 0 Å². The highest BCUT2D eigenvalue weighted by Crippen LogP contribution is 2.30. The van der Waals surface area contributed by atoms with Crippen LogP contribution in [0.4, 0.5) is 0 Å². The van der Waals surface area contributed by atoms with Crippen molar-refractivity contribution < 1.29 is 9.47 Å². The van der Waals surface area contributed by atoms with Crippen molar-refractivity contribution in [2.24, 2.45) is 0 Å². The zero-order chi connectivity index (χ0) is 17.4. The number of benzene rings is 2. The first-order valence-corrected chi connectivity index (χ1v) is 7.73. The number of allylic oxidation sites excluding steroid dienone is 1. The molecular weight excluding hydrogens is 300 g/mol. The lowest BCUT2D eigenvalue weighted by molar-refractivity contribution is 0.287. The minimum Gasteiger partial charge on any atom is -0.490 e. The average Bonchev–Trinajstić information content (AvgIpc) is 2.62. The average molecular weight is 318 g/mol. The molecule has 4 heteroatoms. The Morgan fingerprint density at radius 3 is 2.42 bits per heavy atom. The SMILES string of the molecule is CCOc1ccc(/C=C(/C#N)c2cccc(C#N)c2)cc1OCC. The van der Waals surface area contributed by atoms with E-state index in [0.717, 1.165) is 5.56 Å². The molecule has 0 aromatic heterocycles. The van der Waals surface area contributed by atoms with Crippen molar-refractivity contribution in [3.05, 3.63) is 59.2 Å². The third-order valence-electron chi connectivity index (χ3n) is 3.30. The molecule has 0 radical (unpaired) electrons. The van der Waals surface area contributed by atoms with Crippen LogP contribution in [0.1, 0.15) is 30.5 Å². The molecule has 0 fully saturated rings. The van der Waals surface area contributed by atoms with Crippen molar-refractivity contribution in [1.82, 2.24) is 0 Å². The summed E-state index contributed by atoms with van der Waals surface area (Å²) in [5.41, 5.74) is 2.55. The third kappa shape index (κ3) is 4.15. The molecule has 0 amide bonds. The summed E-state index contributed by atoms with van der Waals surface area (Å²) in [5.74, 6) is 1.33. The molecule has 0 aliphatic rings. The van der Waals surface area contributed by atoms with Crippen LogP contribution in [0.3, 0.4) is 0 Å². The zero-order valence-electron chi connectivity index (χ0n) is 13.7. The molecular formula is C20H18N2O2. The van der Waals surface area contributed by atoms with Gasteiger partial charge >= 0.3 is 0 Å². The number of nitriles is 2. The van der Waals surface area contributed by atoms with E-state index in [0.29, 0.717) is 41.4 Å². The molecule has 0 unspecified atom stereocenters. The van der Waals surface area contributed by atoms with Crippen LogP contribution in [0.2, 0.25) is 0 Å². The predicted octanol–water partition coefficient (Wildman–Crippen LogP) is 4.42. The van der Waals surface area contributed by atoms with Crippen molar-refractivity contribution in [1.29, 1.82) is 10.5 Å². The number of hydrogen-bond donors (Lipinski definition) is 0. The minimum atomic E-state index is 0.485. The van der Waals surface area contributed by atoms with Gasteiger partial charge < -0.3 is 9.47 Å². The van der Waals surface area contributed by atoms with Crippen LogP contribution in [-0.2, 0) is 0 Å². The second-order valence-electron chi connectivity index (χ2n) is 4.93. The number of ether oxygens (including phenoxy) is 2. The van der Waals surface area contributed by atoms with E-state index in [9.17, 15) is 5.26 Å². The fraction of sp³-hybridized carbons (Fsp3) is 0.200. The van der Waals surface area contributed by atoms with E-state index in [-0.39, 0.29) is 0 Å². The van der Waals surface area contributed by atoms with Crippen LogP contribution in [0.15, 0.2) is 42.5 Å². The first kappa shape index (κ1) is 17.1. The highest BCUT2D eigenvalue weighted by atomic mass is 16.5. The first-order valence-electron chi connectivity index (χ1n) is 7.73. The Hall–Kier alpha value is -3.24. The van der Waals surface area contributed by atoms with Crippen LogP contribution >= 0.6 is 0 Å². The largest absolute Gasteiger partial charge is 0.490 e. The van der Waals surface area contributed by atoms with Crippen molar-refractivity contribution in [3.8, 4) is 23.6 Å². The maximum absolute atomic E-state index is 9.46. The van der Waals surface area contributed by atoms with Gasteiger partial charge in [0.2, 0.25) is 0 Å². The normalized spacial score (nSPS) is 10.6. The van der Waals surface area contributed by atoms with Gasteiger partial charge in [-0.1, -0.05) is 18.2 Å². The highest BCUT2D eigenvalue weighted by Gasteiger charge is 2.07. The topological polar surface area (TPSA) is 66.0 Å². The van der Waals surface area contributed by atoms with Gasteiger partial charge in [-0.3, -0.25) is 0 Å². The van der Waals surface area contributed by atoms with Gasteiger partial charge in [-0.05, 0) is 55.3 Å². The Morgan fingerprint density at radius 2 is 1.75 bits per heavy atom. The summed E-state index contributed by atoms with van der Waals surface area (Å²) in [5, 5.41) is 18.5. The van der Waals surface area contributed by atoms with Gasteiger partial charge in [-0.25, -0.2) is 0 Å². The van der Waals surface area contributed by atoms with Gasteiger partial charge in [-0.2, -0.15) is 10.5 Å². The maximum atomic E-state index is 9.46. The van der Waals surface area contributed by atoms with Crippen LogP contribution in [0, 0.1) is 22.7 Å². The smallest absolute Gasteiger partial charge is 0.161 e. The molecule has 2 aromatic carbocycles. The number of nitrogens with zero attached hydrogens (tertiary/aromatic N) is 2. The molecule has 0 spiro atoms. The molecule has 0 N–H and O–H groups in total. The zero-order valence-corrected chi connectivity index (χ0v) is 13.7. The summed E-state index contributed by atoms with van der Waals surface area (Å²) in [6.45, 7) is 4.91. The molecule has 0 aliphatic heterocycles. The van der Waals surface area contributed by atoms with E-state index in [2.05, 4.69) is 12.1 Å². The quantitative estimate of drug-likeness (QED) is 0.584. The Labute approximate surface area is 142 Å². The van der Waals surface area contributed by atoms with Crippen molar-refractivity contribution in [3.63, 3.8) is 0 Å². The molecule has 120 valence electrons. The Bertz CT molecular complexity index is 826. The van der Waals surface area contributed by atoms with Crippen molar-refractivity contribution >= 4 is 11.6 Å². The van der Waals surface area contributed by atoms with Crippen LogP contribution < -0.4 is 9.47 Å². The number of rotatable bonds is 6. The van der Waals surface area contributed by atoms with Crippen LogP contribution in [0.25, 0.3) is 11.6 Å². The Kier molecular flexibility index (Phi) is 6.00. The van der Waals surface area contributed by atoms with Gasteiger partial charge in [0.15, 0.2) is 11.5 Å². The summed E-state index contributed by atoms with van der Waals surface area (Å²) in [6, 6.07) is 16.8. The second-order valence-corrected chi connectivity index (χ2v) is 4.93. The summed E-state index contributed by atoms with van der Waals surface area (Å²) in [7, 11) is 0. The lowest BCUT2D eigenvalue weighted by Gasteiger charge is -2.11. The lowest BCUT2D eigenvalue weighted by atomic mass is 10.0. The van der Waals surface area contributed by atoms with Crippen LogP contribution in [-0.4, -0.2) is 13.2 Å². The number of hydrogen-bond acceptors (Lipinski definition) is 4. The fourth-order valence-electron chi connectivity index (χ4n) is 2.26. The van der Waals surface area contributed by atoms with Gasteiger partial charge in [0.05, 0.1) is 36.5 Å². The molecule has 24 heavy (non-hydrogen) atoms. The van der Waals surface area contributed by atoms with E-state index in [4.69, 9.17) is 14.7 Å². The van der Waals surface area contributed by atoms with E-state index >= 15 is 0 Å². The Balaban J connectivity index is 2.42. The summed E-state index contributed by atoms with van der Waals surface area (Å²) in [6.07, 6.45) is 1.77. The summed E-state index contributed by atoms with van der Waals surface area (Å²) >= 11 is 0. The lowest BCUT2D eigenvalue weighted by Crippen LogP contribution is -1.98. The Morgan fingerprint density at radius 1 is 1.00 bits per heavy atom. The maximum Gasteiger partial charge on any atom is 0.161 e. The monoisotopic (exact) mass is 318 g/mol. The third-order valence-corrected chi connectivity index (χ3v) is 3.30. The predicted molar refractivity (Wildman–Crippen MR) is 93.4 cm³/mol. The molecule has 2 rings (SSSR count). The molecule has 2 aromatic rings. The van der Waals surface area contributed by atoms with Gasteiger partial charge in [0.1, 0.15) is 0 Å². The minimum absolute atomic E-state index is 0.485. The standard InChI is InChI=1S/C20H18N2O2/c1-3-23-19-9-8-15(12-20(19)24-4-2)10-18(14-22)17-7-5-6-16(11-17)13-21/h5-12H,3-4H2,1-2H3/b18-10-. The molecule has 0 bridgehead atoms. The fourth-order valence-corrected chi connectivity index (χ4v) is 2.26. The molecule has 4 nitrogen and oxygen atoms in total. The van der Waals surface area contributed by atoms with Crippen LogP contribution in [0.5, 0.6) is 11.5 Å². The van der Waals surface area contributed by atoms with Gasteiger partial charge in [0.25, 0.3) is 0 Å². The first-order chi connectivity index (χ1) is 11.7. The van der Waals surface area contributed by atoms with Gasteiger partial charge in [0, 0.05) is 0 Å². The van der Waals surface area contributed by atoms with Crippen molar-refractivity contribution in [2.45, 2.75) is 13.8 Å². The molecule has 0 saturated carbocycles. The van der Waals surface area contributed by atoms with Gasteiger partial charge in [-0.15, -0.1) is 0 Å². The molecule has 0 saturated heterocycles. The highest BCUT2D eigenvalue weighted by molar-refractivity contribution is 5.90. The summed E-state index contributed by atoms with van der Waals surface area (Å²) in [4.78, 5) is 0. The summed E-state index contributed by atoms with van der Waals surface area (Å²) < 4.78 is 11.2. The van der Waals surface area contributed by atoms with E-state index < -0.39 is 0 Å². The molecule has 0 heterocycles. The molecule has 0 atom stereocenters. The van der Waals surface area contributed by atoms with E-state index in [1.54, 1.807) is 24.3 Å².